The Hall–Kier alpha value is -2.89. The van der Waals surface area contributed by atoms with Gasteiger partial charge in [0.2, 0.25) is 11.2 Å². The minimum atomic E-state index is -1.57. The highest BCUT2D eigenvalue weighted by Crippen LogP contribution is 2.32. The predicted octanol–water partition coefficient (Wildman–Crippen LogP) is 2.66. The minimum Gasteiger partial charge on any atom is -0.449 e. The second-order valence-corrected chi connectivity index (χ2v) is 4.25. The lowest BCUT2D eigenvalue weighted by atomic mass is 10.1. The molecule has 1 aromatic carbocycles. The lowest BCUT2D eigenvalue weighted by Gasteiger charge is -2.11. The fourth-order valence-electron chi connectivity index (χ4n) is 2.01. The summed E-state index contributed by atoms with van der Waals surface area (Å²) in [6.07, 6.45) is -1.57. The molecule has 1 aliphatic carbocycles. The van der Waals surface area contributed by atoms with Gasteiger partial charge in [0.1, 0.15) is 11.2 Å². The average Bonchev–Trinajstić information content (AvgIpc) is 2.41. The number of aryl methyl sites for hydroxylation is 1. The van der Waals surface area contributed by atoms with Gasteiger partial charge in [-0.2, -0.15) is 0 Å². The Bertz CT molecular complexity index is 852. The van der Waals surface area contributed by atoms with E-state index in [1.807, 2.05) is 6.07 Å². The number of hydrogen-bond acceptors (Lipinski definition) is 5. The summed E-state index contributed by atoms with van der Waals surface area (Å²) in [4.78, 5) is 26.9. The Morgan fingerprint density at radius 1 is 1.35 bits per heavy atom. The van der Waals surface area contributed by atoms with Crippen LogP contribution in [0.4, 0.5) is 4.79 Å². The molecule has 0 amide bonds. The van der Waals surface area contributed by atoms with E-state index in [2.05, 4.69) is 9.72 Å². The Morgan fingerprint density at radius 3 is 2.85 bits per heavy atom. The van der Waals surface area contributed by atoms with Crippen LogP contribution in [0.3, 0.4) is 0 Å². The van der Waals surface area contributed by atoms with Crippen molar-refractivity contribution in [1.82, 2.24) is 4.98 Å². The highest BCUT2D eigenvalue weighted by Gasteiger charge is 2.22. The summed E-state index contributed by atoms with van der Waals surface area (Å²) in [5.74, 6) is -0.326. The molecular weight excluding hydrogens is 262 g/mol. The fraction of sp³-hybridized carbons (Fsp3) is 0.0714. The van der Waals surface area contributed by atoms with Gasteiger partial charge in [-0.25, -0.2) is 9.78 Å². The number of para-hydroxylation sites is 2. The molecule has 0 saturated carbocycles. The van der Waals surface area contributed by atoms with Crippen molar-refractivity contribution in [2.45, 2.75) is 6.92 Å². The van der Waals surface area contributed by atoms with Crippen molar-refractivity contribution >= 4 is 17.3 Å². The van der Waals surface area contributed by atoms with Crippen LogP contribution in [0.5, 0.6) is 5.75 Å². The smallest absolute Gasteiger partial charge is 0.449 e. The van der Waals surface area contributed by atoms with Crippen molar-refractivity contribution < 1.29 is 19.1 Å². The van der Waals surface area contributed by atoms with Gasteiger partial charge >= 0.3 is 6.16 Å². The van der Waals surface area contributed by atoms with Crippen LogP contribution in [0.25, 0.3) is 22.6 Å². The molecule has 0 unspecified atom stereocenters. The summed E-state index contributed by atoms with van der Waals surface area (Å²) < 4.78 is 10.1. The van der Waals surface area contributed by atoms with E-state index >= 15 is 0 Å². The van der Waals surface area contributed by atoms with Gasteiger partial charge in [0.05, 0.1) is 0 Å². The summed E-state index contributed by atoms with van der Waals surface area (Å²) in [6, 6.07) is 8.28. The minimum absolute atomic E-state index is 0.0381. The first-order chi connectivity index (χ1) is 9.56. The van der Waals surface area contributed by atoms with Crippen molar-refractivity contribution in [3.8, 4) is 17.2 Å². The quantitative estimate of drug-likeness (QED) is 0.415. The van der Waals surface area contributed by atoms with Crippen molar-refractivity contribution in [2.24, 2.45) is 0 Å². The van der Waals surface area contributed by atoms with E-state index in [4.69, 9.17) is 9.52 Å². The van der Waals surface area contributed by atoms with Gasteiger partial charge in [0.15, 0.2) is 11.3 Å². The molecule has 1 heterocycles. The van der Waals surface area contributed by atoms with Gasteiger partial charge in [-0.05, 0) is 30.7 Å². The zero-order valence-corrected chi connectivity index (χ0v) is 10.4. The third-order valence-electron chi connectivity index (χ3n) is 2.87. The molecule has 100 valence electrons. The van der Waals surface area contributed by atoms with Crippen LogP contribution < -0.4 is 10.2 Å². The fourth-order valence-corrected chi connectivity index (χ4v) is 2.01. The highest BCUT2D eigenvalue weighted by molar-refractivity contribution is 5.79. The van der Waals surface area contributed by atoms with E-state index < -0.39 is 11.6 Å². The molecule has 0 saturated heterocycles. The summed E-state index contributed by atoms with van der Waals surface area (Å²) in [5.41, 5.74) is 1.50. The normalized spacial score (nSPS) is 10.8. The predicted molar refractivity (Wildman–Crippen MR) is 70.3 cm³/mol. The maximum Gasteiger partial charge on any atom is 0.511 e. The third-order valence-corrected chi connectivity index (χ3v) is 2.87. The zero-order valence-electron chi connectivity index (χ0n) is 10.4. The van der Waals surface area contributed by atoms with E-state index in [-0.39, 0.29) is 11.5 Å². The number of carbonyl (C=O) groups is 1. The SMILES string of the molecule is Cc1cc(=O)c(OC(=O)O)c2oc3ccccc3nc1-2. The van der Waals surface area contributed by atoms with E-state index in [0.717, 1.165) is 0 Å². The van der Waals surface area contributed by atoms with Crippen molar-refractivity contribution in [3.05, 3.63) is 46.1 Å². The van der Waals surface area contributed by atoms with Crippen molar-refractivity contribution in [3.63, 3.8) is 0 Å². The molecule has 0 bridgehead atoms. The molecule has 6 nitrogen and oxygen atoms in total. The van der Waals surface area contributed by atoms with Crippen LogP contribution in [0.1, 0.15) is 5.56 Å². The van der Waals surface area contributed by atoms with Gasteiger partial charge in [-0.3, -0.25) is 4.79 Å². The Balaban J connectivity index is 2.42. The molecule has 0 radical (unpaired) electrons. The van der Waals surface area contributed by atoms with E-state index in [1.165, 1.54) is 6.07 Å². The van der Waals surface area contributed by atoms with Gasteiger partial charge in [0, 0.05) is 0 Å². The molecule has 0 spiro atoms. The molecule has 1 N–H and O–H groups in total. The van der Waals surface area contributed by atoms with Crippen LogP contribution in [0, 0.1) is 6.92 Å². The molecule has 0 fully saturated rings. The van der Waals surface area contributed by atoms with Crippen molar-refractivity contribution in [1.29, 1.82) is 0 Å². The number of aromatic nitrogens is 1. The number of carboxylic acid groups (broad SMARTS) is 1. The van der Waals surface area contributed by atoms with Crippen LogP contribution in [-0.4, -0.2) is 16.2 Å². The molecule has 6 heteroatoms. The Morgan fingerprint density at radius 2 is 2.10 bits per heavy atom. The monoisotopic (exact) mass is 271 g/mol. The first-order valence-electron chi connectivity index (χ1n) is 5.80. The summed E-state index contributed by atoms with van der Waals surface area (Å²) in [6.45, 7) is 1.70. The maximum atomic E-state index is 11.8. The standard InChI is InChI=1S/C14H9NO5/c1-7-6-9(16)12(20-14(17)18)13-11(7)15-8-4-2-3-5-10(8)19-13/h2-6H,1H3,(H,17,18). The summed E-state index contributed by atoms with van der Waals surface area (Å²) >= 11 is 0. The third kappa shape index (κ3) is 1.87. The molecule has 2 aliphatic rings. The number of ether oxygens (including phenoxy) is 1. The molecule has 3 rings (SSSR count). The molecule has 1 aromatic rings. The van der Waals surface area contributed by atoms with Crippen LogP contribution in [-0.2, 0) is 0 Å². The topological polar surface area (TPSA) is 89.6 Å². The first kappa shape index (κ1) is 12.2. The number of nitrogens with zero attached hydrogens (tertiary/aromatic N) is 1. The largest absolute Gasteiger partial charge is 0.511 e. The highest BCUT2D eigenvalue weighted by atomic mass is 16.7. The van der Waals surface area contributed by atoms with E-state index in [9.17, 15) is 9.59 Å². The van der Waals surface area contributed by atoms with Crippen LogP contribution in [0.2, 0.25) is 0 Å². The first-order valence-corrected chi connectivity index (χ1v) is 5.80. The van der Waals surface area contributed by atoms with E-state index in [0.29, 0.717) is 22.4 Å². The van der Waals surface area contributed by atoms with Gasteiger partial charge in [0.25, 0.3) is 0 Å². The van der Waals surface area contributed by atoms with E-state index in [1.54, 1.807) is 25.1 Å². The Kier molecular flexibility index (Phi) is 2.64. The van der Waals surface area contributed by atoms with Gasteiger partial charge < -0.3 is 14.3 Å². The molecular formula is C14H9NO5. The van der Waals surface area contributed by atoms with Crippen LogP contribution >= 0.6 is 0 Å². The lowest BCUT2D eigenvalue weighted by molar-refractivity contribution is 0.143. The Labute approximate surface area is 112 Å². The van der Waals surface area contributed by atoms with Crippen LogP contribution in [0.15, 0.2) is 39.5 Å². The summed E-state index contributed by atoms with van der Waals surface area (Å²) in [7, 11) is 0. The lowest BCUT2D eigenvalue weighted by Crippen LogP contribution is -2.15. The summed E-state index contributed by atoms with van der Waals surface area (Å²) in [5, 5.41) is 8.71. The average molecular weight is 271 g/mol. The van der Waals surface area contributed by atoms with Gasteiger partial charge in [-0.1, -0.05) is 12.1 Å². The zero-order chi connectivity index (χ0) is 14.3. The number of benzene rings is 2. The van der Waals surface area contributed by atoms with Crippen molar-refractivity contribution in [2.75, 3.05) is 0 Å². The number of rotatable bonds is 1. The number of fused-ring (bicyclic) bond motifs is 2. The van der Waals surface area contributed by atoms with Gasteiger partial charge in [-0.15, -0.1) is 0 Å². The molecule has 1 aliphatic heterocycles. The molecule has 20 heavy (non-hydrogen) atoms. The molecule has 0 atom stereocenters. The molecule has 0 aromatic heterocycles. The second-order valence-electron chi connectivity index (χ2n) is 4.25. The second kappa shape index (κ2) is 4.34. The maximum absolute atomic E-state index is 11.8. The number of hydrogen-bond donors (Lipinski definition) is 1.